The average Bonchev–Trinajstić information content (AvgIpc) is 3.04. The van der Waals surface area contributed by atoms with E-state index in [0.29, 0.717) is 6.04 Å². The second-order valence-electron chi connectivity index (χ2n) is 6.22. The second-order valence-corrected chi connectivity index (χ2v) is 7.68. The molecule has 1 N–H and O–H groups in total. The Kier molecular flexibility index (Phi) is 4.33. The number of piperazine rings is 1. The van der Waals surface area contributed by atoms with Gasteiger partial charge in [0.05, 0.1) is 11.7 Å². The number of carbonyl (C=O) groups is 1. The molecule has 1 saturated carbocycles. The monoisotopic (exact) mass is 308 g/mol. The molecule has 1 aromatic rings. The van der Waals surface area contributed by atoms with Gasteiger partial charge >= 0.3 is 0 Å². The first-order chi connectivity index (χ1) is 10.1. The molecule has 1 saturated heterocycles. The Morgan fingerprint density at radius 1 is 1.24 bits per heavy atom. The van der Waals surface area contributed by atoms with Gasteiger partial charge in [-0.2, -0.15) is 0 Å². The number of thiophene rings is 1. The summed E-state index contributed by atoms with van der Waals surface area (Å²) in [4.78, 5) is 19.2. The maximum atomic E-state index is 12.6. The van der Waals surface area contributed by atoms with Crippen molar-refractivity contribution >= 4 is 17.2 Å². The molecule has 0 bridgehead atoms. The molecule has 3 rings (SSSR count). The highest BCUT2D eigenvalue weighted by atomic mass is 32.1. The first-order valence-corrected chi connectivity index (χ1v) is 8.66. The van der Waals surface area contributed by atoms with Crippen LogP contribution in [0.15, 0.2) is 6.07 Å². The maximum absolute atomic E-state index is 12.6. The third-order valence-electron chi connectivity index (χ3n) is 4.79. The lowest BCUT2D eigenvalue weighted by molar-refractivity contribution is 0.0315. The second kappa shape index (κ2) is 6.07. The van der Waals surface area contributed by atoms with E-state index in [1.54, 1.807) is 11.3 Å². The van der Waals surface area contributed by atoms with Crippen LogP contribution in [0, 0.1) is 13.8 Å². The zero-order valence-electron chi connectivity index (χ0n) is 12.8. The van der Waals surface area contributed by atoms with Crippen LogP contribution in [-0.2, 0) is 0 Å². The number of hydrogen-bond acceptors (Lipinski definition) is 4. The van der Waals surface area contributed by atoms with E-state index in [-0.39, 0.29) is 12.0 Å². The van der Waals surface area contributed by atoms with Gasteiger partial charge in [-0.05, 0) is 39.2 Å². The van der Waals surface area contributed by atoms with Crippen LogP contribution in [0.25, 0.3) is 0 Å². The first kappa shape index (κ1) is 15.0. The molecule has 0 unspecified atom stereocenters. The zero-order valence-corrected chi connectivity index (χ0v) is 13.7. The van der Waals surface area contributed by atoms with Crippen LogP contribution in [0.2, 0.25) is 0 Å². The molecule has 0 radical (unpaired) electrons. The highest BCUT2D eigenvalue weighted by Crippen LogP contribution is 2.26. The van der Waals surface area contributed by atoms with Crippen LogP contribution < -0.4 is 0 Å². The minimum Gasteiger partial charge on any atom is -0.391 e. The smallest absolute Gasteiger partial charge is 0.255 e. The van der Waals surface area contributed by atoms with E-state index in [1.165, 1.54) is 4.88 Å². The largest absolute Gasteiger partial charge is 0.391 e. The van der Waals surface area contributed by atoms with E-state index < -0.39 is 0 Å². The molecule has 116 valence electrons. The van der Waals surface area contributed by atoms with Crippen LogP contribution >= 0.6 is 11.3 Å². The van der Waals surface area contributed by atoms with Crippen molar-refractivity contribution in [1.82, 2.24) is 9.80 Å². The van der Waals surface area contributed by atoms with E-state index in [4.69, 9.17) is 0 Å². The Hall–Kier alpha value is -0.910. The van der Waals surface area contributed by atoms with Crippen LogP contribution in [0.4, 0.5) is 0 Å². The minimum atomic E-state index is -0.172. The predicted molar refractivity (Wildman–Crippen MR) is 84.9 cm³/mol. The van der Waals surface area contributed by atoms with Crippen LogP contribution in [-0.4, -0.2) is 59.1 Å². The highest BCUT2D eigenvalue weighted by molar-refractivity contribution is 7.12. The van der Waals surface area contributed by atoms with Crippen molar-refractivity contribution in [1.29, 1.82) is 0 Å². The maximum Gasteiger partial charge on any atom is 0.255 e. The summed E-state index contributed by atoms with van der Waals surface area (Å²) in [5, 5.41) is 10.0. The normalized spacial score (nSPS) is 27.3. The van der Waals surface area contributed by atoms with Gasteiger partial charge in [0.25, 0.3) is 5.91 Å². The van der Waals surface area contributed by atoms with Gasteiger partial charge in [0.2, 0.25) is 0 Å². The molecule has 4 nitrogen and oxygen atoms in total. The summed E-state index contributed by atoms with van der Waals surface area (Å²) in [6, 6.07) is 2.32. The number of aryl methyl sites for hydroxylation is 2. The summed E-state index contributed by atoms with van der Waals surface area (Å²) in [7, 11) is 0. The fourth-order valence-corrected chi connectivity index (χ4v) is 4.53. The van der Waals surface area contributed by atoms with Crippen molar-refractivity contribution in [3.63, 3.8) is 0 Å². The Morgan fingerprint density at radius 2 is 1.95 bits per heavy atom. The van der Waals surface area contributed by atoms with Crippen molar-refractivity contribution in [3.05, 3.63) is 21.4 Å². The molecule has 2 heterocycles. The molecule has 5 heteroatoms. The fraction of sp³-hybridized carbons (Fsp3) is 0.688. The standard InChI is InChI=1S/C16H24N2O2S/c1-11-10-13(12(2)21-11)16(20)18-8-6-17(7-9-18)14-4-3-5-15(14)19/h10,14-15,19H,3-9H2,1-2H3/t14-,15-/m1/s1. The van der Waals surface area contributed by atoms with E-state index in [1.807, 2.05) is 24.8 Å². The van der Waals surface area contributed by atoms with Crippen LogP contribution in [0.5, 0.6) is 0 Å². The van der Waals surface area contributed by atoms with Gasteiger partial charge in [-0.1, -0.05) is 0 Å². The highest BCUT2D eigenvalue weighted by Gasteiger charge is 2.33. The Labute approximate surface area is 130 Å². The van der Waals surface area contributed by atoms with E-state index >= 15 is 0 Å². The summed E-state index contributed by atoms with van der Waals surface area (Å²) in [6.45, 7) is 7.39. The van der Waals surface area contributed by atoms with Gasteiger partial charge in [0, 0.05) is 42.0 Å². The SMILES string of the molecule is Cc1cc(C(=O)N2CCN([C@@H]3CCC[C@H]3O)CC2)c(C)s1. The molecule has 1 aromatic heterocycles. The van der Waals surface area contributed by atoms with Gasteiger partial charge in [0.1, 0.15) is 0 Å². The Morgan fingerprint density at radius 3 is 2.48 bits per heavy atom. The quantitative estimate of drug-likeness (QED) is 0.909. The van der Waals surface area contributed by atoms with Gasteiger partial charge in [-0.25, -0.2) is 0 Å². The summed E-state index contributed by atoms with van der Waals surface area (Å²) in [5.74, 6) is 0.170. The van der Waals surface area contributed by atoms with E-state index in [0.717, 1.165) is 55.9 Å². The predicted octanol–water partition coefficient (Wildman–Crippen LogP) is 2.04. The van der Waals surface area contributed by atoms with Crippen molar-refractivity contribution in [2.75, 3.05) is 26.2 Å². The molecular formula is C16H24N2O2S. The molecule has 1 aliphatic heterocycles. The first-order valence-electron chi connectivity index (χ1n) is 7.84. The molecule has 2 fully saturated rings. The van der Waals surface area contributed by atoms with Gasteiger partial charge in [-0.15, -0.1) is 11.3 Å². The topological polar surface area (TPSA) is 43.8 Å². The van der Waals surface area contributed by atoms with Crippen molar-refractivity contribution < 1.29 is 9.90 Å². The number of carbonyl (C=O) groups excluding carboxylic acids is 1. The number of nitrogens with zero attached hydrogens (tertiary/aromatic N) is 2. The van der Waals surface area contributed by atoms with Gasteiger partial charge < -0.3 is 10.0 Å². The third-order valence-corrected chi connectivity index (χ3v) is 5.75. The third kappa shape index (κ3) is 3.00. The molecular weight excluding hydrogens is 284 g/mol. The molecule has 2 aliphatic rings. The summed E-state index contributed by atoms with van der Waals surface area (Å²) in [6.07, 6.45) is 2.97. The van der Waals surface area contributed by atoms with E-state index in [2.05, 4.69) is 4.90 Å². The number of amides is 1. The average molecular weight is 308 g/mol. The van der Waals surface area contributed by atoms with Gasteiger partial charge in [-0.3, -0.25) is 9.69 Å². The summed E-state index contributed by atoms with van der Waals surface area (Å²) >= 11 is 1.69. The van der Waals surface area contributed by atoms with Crippen molar-refractivity contribution in [3.8, 4) is 0 Å². The zero-order chi connectivity index (χ0) is 15.0. The Bertz CT molecular complexity index is 520. The lowest BCUT2D eigenvalue weighted by Crippen LogP contribution is -2.53. The number of hydrogen-bond donors (Lipinski definition) is 1. The van der Waals surface area contributed by atoms with Crippen molar-refractivity contribution in [2.24, 2.45) is 0 Å². The molecule has 2 atom stereocenters. The van der Waals surface area contributed by atoms with Crippen LogP contribution in [0.3, 0.4) is 0 Å². The van der Waals surface area contributed by atoms with Crippen molar-refractivity contribution in [2.45, 2.75) is 45.3 Å². The number of aliphatic hydroxyl groups excluding tert-OH is 1. The molecule has 1 amide bonds. The summed E-state index contributed by atoms with van der Waals surface area (Å²) in [5.41, 5.74) is 0.867. The fourth-order valence-electron chi connectivity index (χ4n) is 3.62. The summed E-state index contributed by atoms with van der Waals surface area (Å²) < 4.78 is 0. The molecule has 0 spiro atoms. The van der Waals surface area contributed by atoms with Gasteiger partial charge in [0.15, 0.2) is 0 Å². The van der Waals surface area contributed by atoms with E-state index in [9.17, 15) is 9.90 Å². The molecule has 1 aliphatic carbocycles. The molecule has 21 heavy (non-hydrogen) atoms. The lowest BCUT2D eigenvalue weighted by Gasteiger charge is -2.39. The number of rotatable bonds is 2. The molecule has 0 aromatic carbocycles. The minimum absolute atomic E-state index is 0.170. The number of aliphatic hydroxyl groups is 1. The van der Waals surface area contributed by atoms with Crippen LogP contribution in [0.1, 0.15) is 39.4 Å². The lowest BCUT2D eigenvalue weighted by atomic mass is 10.1. The Balaban J connectivity index is 1.60.